The molecule has 1 aliphatic heterocycles. The SMILES string of the molecule is OC[C@@H]1O[C@@H](Nc2cccc3ccccc23)[C@@H](O)[C@@H](O)[C@H]1O. The van der Waals surface area contributed by atoms with Crippen molar-refractivity contribution >= 4 is 16.5 Å². The average molecular weight is 305 g/mol. The van der Waals surface area contributed by atoms with Gasteiger partial charge in [-0.2, -0.15) is 0 Å². The van der Waals surface area contributed by atoms with E-state index < -0.39 is 37.3 Å². The predicted molar refractivity (Wildman–Crippen MR) is 81.3 cm³/mol. The molecule has 0 saturated carbocycles. The molecule has 5 N–H and O–H groups in total. The maximum Gasteiger partial charge on any atom is 0.157 e. The number of rotatable bonds is 3. The van der Waals surface area contributed by atoms with Gasteiger partial charge < -0.3 is 30.5 Å². The van der Waals surface area contributed by atoms with Crippen LogP contribution in [0.25, 0.3) is 10.8 Å². The summed E-state index contributed by atoms with van der Waals surface area (Å²) in [5.41, 5.74) is 0.738. The molecule has 0 radical (unpaired) electrons. The van der Waals surface area contributed by atoms with Gasteiger partial charge in [-0.25, -0.2) is 0 Å². The third-order valence-corrected chi connectivity index (χ3v) is 3.98. The number of aliphatic hydroxyl groups excluding tert-OH is 4. The van der Waals surface area contributed by atoms with E-state index >= 15 is 0 Å². The lowest BCUT2D eigenvalue weighted by Crippen LogP contribution is -2.60. The highest BCUT2D eigenvalue weighted by Crippen LogP contribution is 2.27. The minimum atomic E-state index is -1.39. The summed E-state index contributed by atoms with van der Waals surface area (Å²) in [4.78, 5) is 0. The van der Waals surface area contributed by atoms with Crippen LogP contribution in [0.2, 0.25) is 0 Å². The van der Waals surface area contributed by atoms with E-state index in [0.717, 1.165) is 16.5 Å². The molecule has 2 aromatic carbocycles. The summed E-state index contributed by atoms with van der Waals surface area (Å²) in [7, 11) is 0. The molecule has 0 unspecified atom stereocenters. The van der Waals surface area contributed by atoms with Gasteiger partial charge in [-0.3, -0.25) is 0 Å². The van der Waals surface area contributed by atoms with Gasteiger partial charge >= 0.3 is 0 Å². The Labute approximate surface area is 127 Å². The van der Waals surface area contributed by atoms with Crippen LogP contribution in [0.15, 0.2) is 42.5 Å². The lowest BCUT2D eigenvalue weighted by Gasteiger charge is -2.40. The number of anilines is 1. The Hall–Kier alpha value is -1.70. The van der Waals surface area contributed by atoms with E-state index in [0.29, 0.717) is 0 Å². The molecule has 0 spiro atoms. The number of nitrogens with one attached hydrogen (secondary N) is 1. The summed E-state index contributed by atoms with van der Waals surface area (Å²) in [5, 5.41) is 43.9. The second-order valence-electron chi connectivity index (χ2n) is 5.42. The van der Waals surface area contributed by atoms with Gasteiger partial charge in [-0.15, -0.1) is 0 Å². The Balaban J connectivity index is 1.87. The van der Waals surface area contributed by atoms with Crippen LogP contribution in [-0.2, 0) is 4.74 Å². The van der Waals surface area contributed by atoms with Crippen molar-refractivity contribution < 1.29 is 25.2 Å². The Kier molecular flexibility index (Phi) is 4.28. The van der Waals surface area contributed by atoms with E-state index in [1.807, 2.05) is 42.5 Å². The molecular formula is C16H19NO5. The molecule has 6 nitrogen and oxygen atoms in total. The van der Waals surface area contributed by atoms with Crippen molar-refractivity contribution in [2.24, 2.45) is 0 Å². The van der Waals surface area contributed by atoms with E-state index in [1.54, 1.807) is 0 Å². The summed E-state index contributed by atoms with van der Waals surface area (Å²) >= 11 is 0. The molecule has 0 aliphatic carbocycles. The molecule has 0 aromatic heterocycles. The van der Waals surface area contributed by atoms with Crippen LogP contribution < -0.4 is 5.32 Å². The monoisotopic (exact) mass is 305 g/mol. The van der Waals surface area contributed by atoms with Crippen molar-refractivity contribution in [3.8, 4) is 0 Å². The zero-order chi connectivity index (χ0) is 15.7. The van der Waals surface area contributed by atoms with E-state index in [4.69, 9.17) is 4.74 Å². The van der Waals surface area contributed by atoms with Gasteiger partial charge in [0.05, 0.1) is 6.61 Å². The molecule has 1 aliphatic rings. The van der Waals surface area contributed by atoms with Crippen molar-refractivity contribution in [2.75, 3.05) is 11.9 Å². The van der Waals surface area contributed by atoms with Crippen LogP contribution in [-0.4, -0.2) is 57.7 Å². The van der Waals surface area contributed by atoms with Gasteiger partial charge in [0.2, 0.25) is 0 Å². The minimum Gasteiger partial charge on any atom is -0.394 e. The highest BCUT2D eigenvalue weighted by atomic mass is 16.6. The highest BCUT2D eigenvalue weighted by molar-refractivity contribution is 5.93. The van der Waals surface area contributed by atoms with Crippen molar-refractivity contribution in [1.82, 2.24) is 0 Å². The number of ether oxygens (including phenoxy) is 1. The molecule has 3 rings (SSSR count). The molecule has 5 atom stereocenters. The molecule has 1 fully saturated rings. The molecule has 1 saturated heterocycles. The first-order chi connectivity index (χ1) is 10.6. The first kappa shape index (κ1) is 15.2. The van der Waals surface area contributed by atoms with Crippen LogP contribution in [0.3, 0.4) is 0 Å². The summed E-state index contributed by atoms with van der Waals surface area (Å²) in [6, 6.07) is 13.4. The Bertz CT molecular complexity index is 642. The quantitative estimate of drug-likeness (QED) is 0.549. The molecule has 0 amide bonds. The van der Waals surface area contributed by atoms with Crippen LogP contribution in [0.1, 0.15) is 0 Å². The zero-order valence-electron chi connectivity index (χ0n) is 11.8. The smallest absolute Gasteiger partial charge is 0.157 e. The largest absolute Gasteiger partial charge is 0.394 e. The molecule has 2 aromatic rings. The van der Waals surface area contributed by atoms with Gasteiger partial charge in [0.25, 0.3) is 0 Å². The fourth-order valence-corrected chi connectivity index (χ4v) is 2.73. The lowest BCUT2D eigenvalue weighted by atomic mass is 9.98. The fourth-order valence-electron chi connectivity index (χ4n) is 2.73. The van der Waals surface area contributed by atoms with Crippen LogP contribution in [0.4, 0.5) is 5.69 Å². The second kappa shape index (κ2) is 6.20. The van der Waals surface area contributed by atoms with Gasteiger partial charge in [-0.1, -0.05) is 36.4 Å². The van der Waals surface area contributed by atoms with Gasteiger partial charge in [-0.05, 0) is 11.5 Å². The van der Waals surface area contributed by atoms with Crippen LogP contribution in [0.5, 0.6) is 0 Å². The molecule has 6 heteroatoms. The molecular weight excluding hydrogens is 286 g/mol. The van der Waals surface area contributed by atoms with Crippen LogP contribution >= 0.6 is 0 Å². The maximum atomic E-state index is 10.1. The molecule has 118 valence electrons. The third-order valence-electron chi connectivity index (χ3n) is 3.98. The van der Waals surface area contributed by atoms with Crippen molar-refractivity contribution in [3.05, 3.63) is 42.5 Å². The lowest BCUT2D eigenvalue weighted by molar-refractivity contribution is -0.221. The van der Waals surface area contributed by atoms with E-state index in [1.165, 1.54) is 0 Å². The van der Waals surface area contributed by atoms with Crippen molar-refractivity contribution in [3.63, 3.8) is 0 Å². The third kappa shape index (κ3) is 2.67. The van der Waals surface area contributed by atoms with Gasteiger partial charge in [0.15, 0.2) is 6.23 Å². The highest BCUT2D eigenvalue weighted by Gasteiger charge is 2.43. The van der Waals surface area contributed by atoms with Gasteiger partial charge in [0.1, 0.15) is 24.4 Å². The van der Waals surface area contributed by atoms with Crippen LogP contribution in [0, 0.1) is 0 Å². The second-order valence-corrected chi connectivity index (χ2v) is 5.42. The zero-order valence-corrected chi connectivity index (χ0v) is 11.8. The first-order valence-corrected chi connectivity index (χ1v) is 7.16. The Morgan fingerprint density at radius 3 is 2.41 bits per heavy atom. The normalized spacial score (nSPS) is 32.1. The average Bonchev–Trinajstić information content (AvgIpc) is 2.55. The van der Waals surface area contributed by atoms with E-state index in [9.17, 15) is 20.4 Å². The fraction of sp³-hybridized carbons (Fsp3) is 0.375. The number of aliphatic hydroxyl groups is 4. The predicted octanol–water partition coefficient (Wildman–Crippen LogP) is 0.0516. The maximum absolute atomic E-state index is 10.1. The number of benzene rings is 2. The summed E-state index contributed by atoms with van der Waals surface area (Å²) < 4.78 is 5.46. The van der Waals surface area contributed by atoms with E-state index in [-0.39, 0.29) is 0 Å². The summed E-state index contributed by atoms with van der Waals surface area (Å²) in [5.74, 6) is 0. The Morgan fingerprint density at radius 1 is 0.909 bits per heavy atom. The Morgan fingerprint density at radius 2 is 1.64 bits per heavy atom. The summed E-state index contributed by atoms with van der Waals surface area (Å²) in [6.07, 6.45) is -5.91. The minimum absolute atomic E-state index is 0.446. The standard InChI is InChI=1S/C16H19NO5/c18-8-12-13(19)14(20)15(21)16(22-12)17-11-7-3-5-9-4-1-2-6-10(9)11/h1-7,12-21H,8H2/t12-,13-,14-,15-,16+/m0/s1. The molecule has 0 bridgehead atoms. The molecule has 1 heterocycles. The number of hydrogen-bond acceptors (Lipinski definition) is 6. The number of hydrogen-bond donors (Lipinski definition) is 5. The molecule has 22 heavy (non-hydrogen) atoms. The first-order valence-electron chi connectivity index (χ1n) is 7.16. The summed E-state index contributed by atoms with van der Waals surface area (Å²) in [6.45, 7) is -0.446. The van der Waals surface area contributed by atoms with Crippen molar-refractivity contribution in [2.45, 2.75) is 30.6 Å². The van der Waals surface area contributed by atoms with E-state index in [2.05, 4.69) is 5.32 Å². The topological polar surface area (TPSA) is 102 Å². The number of fused-ring (bicyclic) bond motifs is 1. The van der Waals surface area contributed by atoms with Crippen molar-refractivity contribution in [1.29, 1.82) is 0 Å². The van der Waals surface area contributed by atoms with Gasteiger partial charge in [0, 0.05) is 11.1 Å².